The number of benzene rings is 10. The summed E-state index contributed by atoms with van der Waals surface area (Å²) in [5.41, 5.74) is 14.4. The van der Waals surface area contributed by atoms with Crippen molar-refractivity contribution in [3.63, 3.8) is 0 Å². The van der Waals surface area contributed by atoms with Gasteiger partial charge in [-0.15, -0.1) is 0 Å². The fourth-order valence-electron chi connectivity index (χ4n) is 10.6. The summed E-state index contributed by atoms with van der Waals surface area (Å²) in [6.07, 6.45) is 4.45. The Morgan fingerprint density at radius 2 is 0.967 bits per heavy atom. The van der Waals surface area contributed by atoms with E-state index < -0.39 is 0 Å². The minimum Gasteiger partial charge on any atom is -0.456 e. The number of hydrogen-bond donors (Lipinski definition) is 0. The fraction of sp³-hybridized carbons (Fsp3) is 0.0333. The molecule has 13 rings (SSSR count). The van der Waals surface area contributed by atoms with Gasteiger partial charge in [-0.2, -0.15) is 0 Å². The van der Waals surface area contributed by atoms with Crippen molar-refractivity contribution in [3.8, 4) is 33.4 Å². The molecule has 1 nitrogen and oxygen atoms in total. The summed E-state index contributed by atoms with van der Waals surface area (Å²) in [4.78, 5) is 0. The maximum Gasteiger partial charge on any atom is 0.136 e. The topological polar surface area (TPSA) is 13.1 Å². The molecular weight excluding hydrogens is 737 g/mol. The Hall–Kier alpha value is -7.92. The molecule has 1 aromatic heterocycles. The lowest BCUT2D eigenvalue weighted by Crippen LogP contribution is -2.03. The van der Waals surface area contributed by atoms with Crippen LogP contribution >= 0.6 is 0 Å². The van der Waals surface area contributed by atoms with E-state index in [9.17, 15) is 0 Å². The van der Waals surface area contributed by atoms with E-state index in [1.165, 1.54) is 98.6 Å². The van der Waals surface area contributed by atoms with Crippen LogP contribution < -0.4 is 0 Å². The van der Waals surface area contributed by atoms with Crippen LogP contribution in [-0.4, -0.2) is 0 Å². The molecule has 0 N–H and O–H groups in total. The molecule has 0 bridgehead atoms. The molecule has 0 radical (unpaired) electrons. The molecular formula is C60H36O. The predicted octanol–water partition coefficient (Wildman–Crippen LogP) is 16.4. The highest BCUT2D eigenvalue weighted by Crippen LogP contribution is 2.49. The molecule has 0 unspecified atom stereocenters. The Bertz CT molecular complexity index is 3760. The zero-order valence-electron chi connectivity index (χ0n) is 33.3. The zero-order valence-corrected chi connectivity index (χ0v) is 33.3. The molecule has 0 saturated carbocycles. The van der Waals surface area contributed by atoms with E-state index in [0.29, 0.717) is 0 Å². The van der Waals surface area contributed by atoms with Crippen LogP contribution in [0.2, 0.25) is 0 Å². The minimum atomic E-state index is 0.904. The molecule has 0 aliphatic heterocycles. The highest BCUT2D eigenvalue weighted by Gasteiger charge is 2.24. The number of allylic oxidation sites excluding steroid dienone is 1. The van der Waals surface area contributed by atoms with Crippen LogP contribution in [0.4, 0.5) is 0 Å². The second kappa shape index (κ2) is 13.3. The molecule has 0 fully saturated rings. The number of para-hydroxylation sites is 1. The normalized spacial score (nSPS) is 12.8. The van der Waals surface area contributed by atoms with Gasteiger partial charge in [0.25, 0.3) is 0 Å². The van der Waals surface area contributed by atoms with E-state index in [0.717, 1.165) is 45.7 Å². The van der Waals surface area contributed by atoms with Crippen LogP contribution in [0, 0.1) is 12.1 Å². The monoisotopic (exact) mass is 772 g/mol. The standard InChI is InChI=1S/C60H36O/c1-8-23-50(39(15-1)37-29-31-47-44-19-4-3-17-42(44)43-18-5-7-21-46(43)56(47)35-37)59-51-24-9-11-26-53(51)60(54-27-12-10-25-52(54)59)55-34-33-40(41-16-2-6-20-45(41)55)38-30-32-49-48-22-13-14-28-57(48)61-58(49)36-38/h1-9,11-24,26-28,30,32-36H,29,31H2. The molecule has 1 heteroatoms. The van der Waals surface area contributed by atoms with Gasteiger partial charge >= 0.3 is 0 Å². The van der Waals surface area contributed by atoms with Crippen LogP contribution in [0.5, 0.6) is 0 Å². The Morgan fingerprint density at radius 3 is 1.77 bits per heavy atom. The van der Waals surface area contributed by atoms with Crippen molar-refractivity contribution >= 4 is 87.4 Å². The largest absolute Gasteiger partial charge is 0.456 e. The van der Waals surface area contributed by atoms with Crippen LogP contribution in [-0.2, 0) is 6.42 Å². The summed E-state index contributed by atoms with van der Waals surface area (Å²) in [5.74, 6) is 0. The first-order valence-electron chi connectivity index (χ1n) is 21.2. The first-order valence-corrected chi connectivity index (χ1v) is 21.2. The SMILES string of the molecule is c1ccc2c(-c3ccc(-c4ccc5c(c4)oc4ccccc45)c4ccccc34)c3ccccc3c(-c3ccccc3C3=Cc4c(c5ccccc5c5ccccc45)CC3)c2c#1. The summed E-state index contributed by atoms with van der Waals surface area (Å²) < 4.78 is 6.35. The van der Waals surface area contributed by atoms with Gasteiger partial charge < -0.3 is 4.42 Å². The summed E-state index contributed by atoms with van der Waals surface area (Å²) in [5, 5.41) is 14.7. The van der Waals surface area contributed by atoms with Gasteiger partial charge in [0.15, 0.2) is 0 Å². The van der Waals surface area contributed by atoms with Gasteiger partial charge in [0.1, 0.15) is 11.2 Å². The summed E-state index contributed by atoms with van der Waals surface area (Å²) in [6.45, 7) is 0. The van der Waals surface area contributed by atoms with Crippen LogP contribution in [0.3, 0.4) is 0 Å². The molecule has 0 atom stereocenters. The van der Waals surface area contributed by atoms with Gasteiger partial charge in [-0.05, 0) is 142 Å². The average molecular weight is 773 g/mol. The first kappa shape index (κ1) is 34.0. The Kier molecular flexibility index (Phi) is 7.41. The third-order valence-corrected chi connectivity index (χ3v) is 13.3. The van der Waals surface area contributed by atoms with Gasteiger partial charge in [0, 0.05) is 21.7 Å². The van der Waals surface area contributed by atoms with E-state index in [2.05, 4.69) is 188 Å². The minimum absolute atomic E-state index is 0.904. The van der Waals surface area contributed by atoms with Crippen LogP contribution in [0.15, 0.2) is 192 Å². The highest BCUT2D eigenvalue weighted by atomic mass is 16.3. The fourth-order valence-corrected chi connectivity index (χ4v) is 10.6. The molecule has 282 valence electrons. The van der Waals surface area contributed by atoms with Crippen molar-refractivity contribution in [2.24, 2.45) is 0 Å². The van der Waals surface area contributed by atoms with Crippen molar-refractivity contribution in [2.75, 3.05) is 0 Å². The van der Waals surface area contributed by atoms with E-state index in [1.54, 1.807) is 0 Å². The quantitative estimate of drug-likeness (QED) is 0.162. The van der Waals surface area contributed by atoms with Crippen molar-refractivity contribution < 1.29 is 4.42 Å². The second-order valence-electron chi connectivity index (χ2n) is 16.4. The first-order chi connectivity index (χ1) is 30.3. The van der Waals surface area contributed by atoms with Crippen molar-refractivity contribution in [1.82, 2.24) is 0 Å². The lowest BCUT2D eigenvalue weighted by molar-refractivity contribution is 0.669. The number of fused-ring (bicyclic) bond motifs is 12. The number of hydrogen-bond acceptors (Lipinski definition) is 1. The van der Waals surface area contributed by atoms with Gasteiger partial charge in [-0.1, -0.05) is 176 Å². The van der Waals surface area contributed by atoms with Crippen molar-refractivity contribution in [1.29, 1.82) is 0 Å². The zero-order chi connectivity index (χ0) is 40.0. The molecule has 12 aromatic rings. The van der Waals surface area contributed by atoms with Crippen LogP contribution in [0.1, 0.15) is 23.1 Å². The van der Waals surface area contributed by atoms with Gasteiger partial charge in [-0.3, -0.25) is 0 Å². The highest BCUT2D eigenvalue weighted by molar-refractivity contribution is 6.25. The van der Waals surface area contributed by atoms with E-state index in [1.807, 2.05) is 18.2 Å². The summed E-state index contributed by atoms with van der Waals surface area (Å²) >= 11 is 0. The Labute approximate surface area is 353 Å². The molecule has 61 heavy (non-hydrogen) atoms. The molecule has 11 aromatic carbocycles. The third kappa shape index (κ3) is 5.10. The predicted molar refractivity (Wildman–Crippen MR) is 258 cm³/mol. The molecule has 0 spiro atoms. The molecule has 1 aliphatic carbocycles. The third-order valence-electron chi connectivity index (χ3n) is 13.3. The lowest BCUT2D eigenvalue weighted by Gasteiger charge is -2.24. The van der Waals surface area contributed by atoms with E-state index >= 15 is 0 Å². The number of aryl methyl sites for hydroxylation is 1. The number of rotatable bonds is 4. The summed E-state index contributed by atoms with van der Waals surface area (Å²) in [6, 6.07) is 75.5. The second-order valence-corrected chi connectivity index (χ2v) is 16.4. The molecule has 1 aliphatic rings. The number of furan rings is 1. The summed E-state index contributed by atoms with van der Waals surface area (Å²) in [7, 11) is 0. The molecule has 1 heterocycles. The van der Waals surface area contributed by atoms with Gasteiger partial charge in [0.05, 0.1) is 0 Å². The maximum atomic E-state index is 6.35. The van der Waals surface area contributed by atoms with E-state index in [-0.39, 0.29) is 0 Å². The Morgan fingerprint density at radius 1 is 0.377 bits per heavy atom. The molecule has 0 saturated heterocycles. The lowest BCUT2D eigenvalue weighted by atomic mass is 9.79. The van der Waals surface area contributed by atoms with E-state index in [4.69, 9.17) is 4.42 Å². The van der Waals surface area contributed by atoms with Gasteiger partial charge in [0.2, 0.25) is 0 Å². The van der Waals surface area contributed by atoms with Crippen molar-refractivity contribution in [2.45, 2.75) is 12.8 Å². The van der Waals surface area contributed by atoms with Crippen molar-refractivity contribution in [3.05, 3.63) is 217 Å². The maximum absolute atomic E-state index is 6.35. The average Bonchev–Trinajstić information content (AvgIpc) is 3.71. The van der Waals surface area contributed by atoms with Crippen LogP contribution in [0.25, 0.3) is 121 Å². The molecule has 0 amide bonds. The van der Waals surface area contributed by atoms with Gasteiger partial charge in [-0.25, -0.2) is 0 Å². The Balaban J connectivity index is 1.02. The smallest absolute Gasteiger partial charge is 0.136 e.